The van der Waals surface area contributed by atoms with Crippen LogP contribution >= 0.6 is 15.9 Å². The fraction of sp³-hybridized carbons (Fsp3) is 0.300. The van der Waals surface area contributed by atoms with Gasteiger partial charge in [-0.3, -0.25) is 0 Å². The second-order valence-corrected chi connectivity index (χ2v) is 4.09. The summed E-state index contributed by atoms with van der Waals surface area (Å²) in [5.74, 6) is 0.371. The van der Waals surface area contributed by atoms with Crippen molar-refractivity contribution in [3.63, 3.8) is 0 Å². The lowest BCUT2D eigenvalue weighted by atomic mass is 10.1. The molecule has 1 aromatic carbocycles. The van der Waals surface area contributed by atoms with Crippen LogP contribution in [0.25, 0.3) is 0 Å². The van der Waals surface area contributed by atoms with Gasteiger partial charge in [0.25, 0.3) is 0 Å². The minimum absolute atomic E-state index is 0.00273. The number of hydrogen-bond acceptors (Lipinski definition) is 4. The van der Waals surface area contributed by atoms with E-state index in [1.807, 2.05) is 0 Å². The van der Waals surface area contributed by atoms with Crippen molar-refractivity contribution >= 4 is 22.0 Å². The van der Waals surface area contributed by atoms with Gasteiger partial charge in [0.05, 0.1) is 18.1 Å². The summed E-state index contributed by atoms with van der Waals surface area (Å²) in [7, 11) is 1.47. The van der Waals surface area contributed by atoms with E-state index in [-0.39, 0.29) is 5.75 Å². The molecule has 5 nitrogen and oxygen atoms in total. The molecule has 0 aliphatic carbocycles. The number of carbonyl (C=O) groups excluding carboxylic acids is 1. The molecule has 0 spiro atoms. The lowest BCUT2D eigenvalue weighted by molar-refractivity contribution is 0.140. The smallest absolute Gasteiger partial charge is 0.407 e. The van der Waals surface area contributed by atoms with Gasteiger partial charge in [0.1, 0.15) is 6.10 Å². The first kappa shape index (κ1) is 11.1. The van der Waals surface area contributed by atoms with E-state index in [9.17, 15) is 9.90 Å². The standard InChI is InChI=1S/C10H10BrNO4/c1-15-6-3-2-5(8(11)9(6)13)7-4-12-10(14)16-7/h2-3,7,13H,4H2,1H3,(H,12,14). The molecule has 6 heteroatoms. The molecule has 1 aromatic rings. The summed E-state index contributed by atoms with van der Waals surface area (Å²) in [5.41, 5.74) is 0.705. The van der Waals surface area contributed by atoms with Crippen LogP contribution in [0, 0.1) is 0 Å². The number of amides is 1. The van der Waals surface area contributed by atoms with E-state index in [1.165, 1.54) is 7.11 Å². The van der Waals surface area contributed by atoms with Crippen LogP contribution in [0.4, 0.5) is 4.79 Å². The van der Waals surface area contributed by atoms with Crippen LogP contribution < -0.4 is 10.1 Å². The molecule has 2 rings (SSSR count). The Morgan fingerprint density at radius 3 is 2.94 bits per heavy atom. The molecule has 1 aliphatic rings. The third kappa shape index (κ3) is 1.80. The summed E-state index contributed by atoms with van der Waals surface area (Å²) < 4.78 is 10.5. The van der Waals surface area contributed by atoms with Gasteiger partial charge in [-0.1, -0.05) is 6.07 Å². The van der Waals surface area contributed by atoms with Gasteiger partial charge in [0, 0.05) is 5.56 Å². The summed E-state index contributed by atoms with van der Waals surface area (Å²) in [6, 6.07) is 3.37. The summed E-state index contributed by atoms with van der Waals surface area (Å²) in [5, 5.41) is 12.3. The number of phenols is 1. The van der Waals surface area contributed by atoms with Crippen LogP contribution in [0.2, 0.25) is 0 Å². The summed E-state index contributed by atoms with van der Waals surface area (Å²) in [6.45, 7) is 0.392. The van der Waals surface area contributed by atoms with E-state index in [1.54, 1.807) is 12.1 Å². The SMILES string of the molecule is COc1ccc(C2CNC(=O)O2)c(Br)c1O. The molecule has 1 aliphatic heterocycles. The average molecular weight is 288 g/mol. The molecule has 1 saturated heterocycles. The van der Waals surface area contributed by atoms with Crippen molar-refractivity contribution in [2.75, 3.05) is 13.7 Å². The molecule has 0 radical (unpaired) electrons. The Hall–Kier alpha value is -1.43. The van der Waals surface area contributed by atoms with Gasteiger partial charge in [-0.25, -0.2) is 4.79 Å². The molecule has 1 heterocycles. The van der Waals surface area contributed by atoms with Crippen molar-refractivity contribution in [2.45, 2.75) is 6.10 Å². The van der Waals surface area contributed by atoms with Crippen molar-refractivity contribution in [2.24, 2.45) is 0 Å². The lowest BCUT2D eigenvalue weighted by Gasteiger charge is -2.13. The van der Waals surface area contributed by atoms with Gasteiger partial charge < -0.3 is 19.9 Å². The van der Waals surface area contributed by atoms with Gasteiger partial charge in [-0.15, -0.1) is 0 Å². The zero-order valence-corrected chi connectivity index (χ0v) is 10.1. The van der Waals surface area contributed by atoms with Crippen LogP contribution in [-0.4, -0.2) is 24.9 Å². The first-order valence-corrected chi connectivity index (χ1v) is 5.42. The van der Waals surface area contributed by atoms with Gasteiger partial charge in [-0.05, 0) is 22.0 Å². The highest BCUT2D eigenvalue weighted by molar-refractivity contribution is 9.10. The first-order valence-electron chi connectivity index (χ1n) is 4.63. The zero-order valence-electron chi connectivity index (χ0n) is 8.49. The number of carbonyl (C=O) groups is 1. The fourth-order valence-electron chi connectivity index (χ4n) is 1.54. The number of cyclic esters (lactones) is 1. The molecular weight excluding hydrogens is 278 g/mol. The fourth-order valence-corrected chi connectivity index (χ4v) is 2.12. The number of hydrogen-bond donors (Lipinski definition) is 2. The molecule has 0 bridgehead atoms. The number of halogens is 1. The molecular formula is C10H10BrNO4. The van der Waals surface area contributed by atoms with Crippen LogP contribution in [0.15, 0.2) is 16.6 Å². The second kappa shape index (κ2) is 4.21. The number of aromatic hydroxyl groups is 1. The minimum atomic E-state index is -0.452. The Labute approximate surface area is 100 Å². The Bertz CT molecular complexity index is 435. The topological polar surface area (TPSA) is 67.8 Å². The van der Waals surface area contributed by atoms with Crippen LogP contribution in [-0.2, 0) is 4.74 Å². The average Bonchev–Trinajstić information content (AvgIpc) is 2.69. The van der Waals surface area contributed by atoms with E-state index >= 15 is 0 Å². The number of ether oxygens (including phenoxy) is 2. The van der Waals surface area contributed by atoms with E-state index in [0.29, 0.717) is 22.3 Å². The van der Waals surface area contributed by atoms with E-state index in [0.717, 1.165) is 0 Å². The maximum atomic E-state index is 10.9. The van der Waals surface area contributed by atoms with Crippen molar-refractivity contribution < 1.29 is 19.4 Å². The van der Waals surface area contributed by atoms with Crippen molar-refractivity contribution in [1.29, 1.82) is 0 Å². The Balaban J connectivity index is 2.35. The van der Waals surface area contributed by atoms with E-state index in [4.69, 9.17) is 9.47 Å². The minimum Gasteiger partial charge on any atom is -0.503 e. The first-order chi connectivity index (χ1) is 7.63. The van der Waals surface area contributed by atoms with Crippen LogP contribution in [0.1, 0.15) is 11.7 Å². The highest BCUT2D eigenvalue weighted by atomic mass is 79.9. The van der Waals surface area contributed by atoms with Crippen molar-refractivity contribution in [3.05, 3.63) is 22.2 Å². The molecule has 1 atom stereocenters. The number of benzene rings is 1. The Morgan fingerprint density at radius 2 is 2.38 bits per heavy atom. The normalized spacial score (nSPS) is 19.1. The van der Waals surface area contributed by atoms with E-state index in [2.05, 4.69) is 21.2 Å². The molecule has 2 N–H and O–H groups in total. The van der Waals surface area contributed by atoms with Gasteiger partial charge in [-0.2, -0.15) is 0 Å². The van der Waals surface area contributed by atoms with Gasteiger partial charge >= 0.3 is 6.09 Å². The molecule has 1 amide bonds. The van der Waals surface area contributed by atoms with Crippen LogP contribution in [0.5, 0.6) is 11.5 Å². The third-order valence-corrected chi connectivity index (χ3v) is 3.19. The third-order valence-electron chi connectivity index (χ3n) is 2.36. The monoisotopic (exact) mass is 287 g/mol. The van der Waals surface area contributed by atoms with Gasteiger partial charge in [0.15, 0.2) is 11.5 Å². The molecule has 16 heavy (non-hydrogen) atoms. The maximum absolute atomic E-state index is 10.9. The van der Waals surface area contributed by atoms with E-state index < -0.39 is 12.2 Å². The Morgan fingerprint density at radius 1 is 1.62 bits per heavy atom. The molecule has 1 fully saturated rings. The number of methoxy groups -OCH3 is 1. The predicted molar refractivity (Wildman–Crippen MR) is 59.6 cm³/mol. The largest absolute Gasteiger partial charge is 0.503 e. The summed E-state index contributed by atoms with van der Waals surface area (Å²) in [4.78, 5) is 10.9. The molecule has 86 valence electrons. The Kier molecular flexibility index (Phi) is 2.91. The molecule has 0 saturated carbocycles. The summed E-state index contributed by atoms with van der Waals surface area (Å²) in [6.07, 6.45) is -0.842. The highest BCUT2D eigenvalue weighted by Crippen LogP contribution is 2.40. The lowest BCUT2D eigenvalue weighted by Crippen LogP contribution is -2.12. The van der Waals surface area contributed by atoms with Gasteiger partial charge in [0.2, 0.25) is 0 Å². The highest BCUT2D eigenvalue weighted by Gasteiger charge is 2.27. The van der Waals surface area contributed by atoms with Crippen molar-refractivity contribution in [3.8, 4) is 11.5 Å². The molecule has 1 unspecified atom stereocenters. The maximum Gasteiger partial charge on any atom is 0.407 e. The number of alkyl carbamates (subject to hydrolysis) is 1. The predicted octanol–water partition coefficient (Wildman–Crippen LogP) is 1.94. The second-order valence-electron chi connectivity index (χ2n) is 3.29. The summed E-state index contributed by atoms with van der Waals surface area (Å²) >= 11 is 3.25. The number of nitrogens with one attached hydrogen (secondary N) is 1. The van der Waals surface area contributed by atoms with Crippen molar-refractivity contribution in [1.82, 2.24) is 5.32 Å². The number of phenolic OH excluding ortho intramolecular Hbond substituents is 1. The van der Waals surface area contributed by atoms with Crippen LogP contribution in [0.3, 0.4) is 0 Å². The zero-order chi connectivity index (χ0) is 11.7. The quantitative estimate of drug-likeness (QED) is 0.872. The molecule has 0 aromatic heterocycles. The number of rotatable bonds is 2.